The summed E-state index contributed by atoms with van der Waals surface area (Å²) in [5.41, 5.74) is 1.50. The third kappa shape index (κ3) is 3.36. The number of nitrogens with one attached hydrogen (secondary N) is 1. The number of aromatic hydroxyl groups is 1. The zero-order valence-corrected chi connectivity index (χ0v) is 16.7. The number of aromatic amines is 1. The second kappa shape index (κ2) is 7.17. The summed E-state index contributed by atoms with van der Waals surface area (Å²) in [5.74, 6) is 0.780. The molecular weight excluding hydrogens is 428 g/mol. The van der Waals surface area contributed by atoms with E-state index in [0.29, 0.717) is 38.4 Å². The molecule has 0 unspecified atom stereocenters. The standard InChI is InChI=1S/C20H15BrN2O3S/c1-2-26-15-9-12(8-14(21)17(15)24)18-22-19(25)13-10-16(27-20(13)23-18)11-6-4-3-5-7-11/h3-10,24H,2H2,1H3,(H,22,23,25). The Kier molecular flexibility index (Phi) is 4.72. The number of phenolic OH excluding ortho intramolecular Hbond substituents is 1. The van der Waals surface area contributed by atoms with E-state index in [4.69, 9.17) is 4.74 Å². The lowest BCUT2D eigenvalue weighted by atomic mass is 10.1. The minimum atomic E-state index is -0.199. The summed E-state index contributed by atoms with van der Waals surface area (Å²) < 4.78 is 5.94. The van der Waals surface area contributed by atoms with Crippen molar-refractivity contribution in [1.82, 2.24) is 9.97 Å². The Labute approximate surface area is 167 Å². The third-order valence-corrected chi connectivity index (χ3v) is 5.74. The van der Waals surface area contributed by atoms with Crippen LogP contribution in [0.5, 0.6) is 11.5 Å². The van der Waals surface area contributed by atoms with Gasteiger partial charge in [-0.3, -0.25) is 4.79 Å². The van der Waals surface area contributed by atoms with Crippen molar-refractivity contribution >= 4 is 37.5 Å². The number of aromatic nitrogens is 2. The van der Waals surface area contributed by atoms with Crippen molar-refractivity contribution in [3.05, 3.63) is 63.4 Å². The molecule has 5 nitrogen and oxygen atoms in total. The first kappa shape index (κ1) is 17.8. The van der Waals surface area contributed by atoms with Gasteiger partial charge < -0.3 is 14.8 Å². The van der Waals surface area contributed by atoms with Crippen molar-refractivity contribution in [1.29, 1.82) is 0 Å². The van der Waals surface area contributed by atoms with Crippen molar-refractivity contribution in [3.8, 4) is 33.3 Å². The number of fused-ring (bicyclic) bond motifs is 1. The third-order valence-electron chi connectivity index (χ3n) is 4.06. The molecule has 2 N–H and O–H groups in total. The van der Waals surface area contributed by atoms with Gasteiger partial charge in [-0.2, -0.15) is 0 Å². The van der Waals surface area contributed by atoms with E-state index in [1.807, 2.05) is 43.3 Å². The Bertz CT molecular complexity index is 1190. The first-order chi connectivity index (χ1) is 13.1. The van der Waals surface area contributed by atoms with Gasteiger partial charge in [0, 0.05) is 10.4 Å². The summed E-state index contributed by atoms with van der Waals surface area (Å²) in [6.45, 7) is 2.25. The molecule has 0 fully saturated rings. The fourth-order valence-electron chi connectivity index (χ4n) is 2.79. The number of hydrogen-bond donors (Lipinski definition) is 2. The molecule has 4 aromatic rings. The summed E-state index contributed by atoms with van der Waals surface area (Å²) >= 11 is 4.79. The minimum Gasteiger partial charge on any atom is -0.503 e. The van der Waals surface area contributed by atoms with Gasteiger partial charge in [-0.25, -0.2) is 4.98 Å². The molecule has 0 bridgehead atoms. The fourth-order valence-corrected chi connectivity index (χ4v) is 4.27. The van der Waals surface area contributed by atoms with Crippen LogP contribution in [0.25, 0.3) is 32.0 Å². The molecular formula is C20H15BrN2O3S. The molecule has 0 saturated carbocycles. The van der Waals surface area contributed by atoms with Crippen LogP contribution in [0.4, 0.5) is 0 Å². The largest absolute Gasteiger partial charge is 0.503 e. The normalized spacial score (nSPS) is 11.0. The SMILES string of the molecule is CCOc1cc(-c2nc3sc(-c4ccccc4)cc3c(=O)[nH]2)cc(Br)c1O. The molecule has 0 aliphatic carbocycles. The van der Waals surface area contributed by atoms with Crippen LogP contribution in [0.1, 0.15) is 6.92 Å². The van der Waals surface area contributed by atoms with Gasteiger partial charge in [0.25, 0.3) is 5.56 Å². The molecule has 0 saturated heterocycles. The van der Waals surface area contributed by atoms with Crippen molar-refractivity contribution in [2.75, 3.05) is 6.61 Å². The molecule has 136 valence electrons. The number of thiophene rings is 1. The average Bonchev–Trinajstić information content (AvgIpc) is 3.11. The molecule has 27 heavy (non-hydrogen) atoms. The summed E-state index contributed by atoms with van der Waals surface area (Å²) in [5, 5.41) is 10.7. The molecule has 7 heteroatoms. The number of rotatable bonds is 4. The van der Waals surface area contributed by atoms with Gasteiger partial charge in [-0.1, -0.05) is 30.3 Å². The highest BCUT2D eigenvalue weighted by Gasteiger charge is 2.15. The fraction of sp³-hybridized carbons (Fsp3) is 0.100. The molecule has 2 aromatic carbocycles. The molecule has 2 heterocycles. The molecule has 0 spiro atoms. The lowest BCUT2D eigenvalue weighted by Gasteiger charge is -2.10. The number of phenols is 1. The highest BCUT2D eigenvalue weighted by Crippen LogP contribution is 2.38. The maximum absolute atomic E-state index is 12.6. The van der Waals surface area contributed by atoms with Crippen LogP contribution < -0.4 is 10.3 Å². The molecule has 0 radical (unpaired) electrons. The number of ether oxygens (including phenoxy) is 1. The first-order valence-corrected chi connectivity index (χ1v) is 9.92. The van der Waals surface area contributed by atoms with Crippen molar-refractivity contribution in [2.24, 2.45) is 0 Å². The molecule has 4 rings (SSSR count). The summed E-state index contributed by atoms with van der Waals surface area (Å²) in [6.07, 6.45) is 0. The van der Waals surface area contributed by atoms with E-state index in [1.54, 1.807) is 12.1 Å². The lowest BCUT2D eigenvalue weighted by molar-refractivity contribution is 0.317. The average molecular weight is 443 g/mol. The smallest absolute Gasteiger partial charge is 0.259 e. The van der Waals surface area contributed by atoms with Gasteiger partial charge in [0.15, 0.2) is 11.5 Å². The van der Waals surface area contributed by atoms with E-state index < -0.39 is 0 Å². The monoisotopic (exact) mass is 442 g/mol. The van der Waals surface area contributed by atoms with Crippen LogP contribution in [0, 0.1) is 0 Å². The van der Waals surface area contributed by atoms with Crippen molar-refractivity contribution in [3.63, 3.8) is 0 Å². The van der Waals surface area contributed by atoms with E-state index in [0.717, 1.165) is 10.4 Å². The van der Waals surface area contributed by atoms with E-state index in [2.05, 4.69) is 25.9 Å². The van der Waals surface area contributed by atoms with Gasteiger partial charge in [0.2, 0.25) is 0 Å². The Morgan fingerprint density at radius 2 is 1.96 bits per heavy atom. The zero-order valence-electron chi connectivity index (χ0n) is 14.3. The topological polar surface area (TPSA) is 75.2 Å². The maximum Gasteiger partial charge on any atom is 0.259 e. The number of hydrogen-bond acceptors (Lipinski definition) is 5. The van der Waals surface area contributed by atoms with Gasteiger partial charge >= 0.3 is 0 Å². The maximum atomic E-state index is 12.6. The highest BCUT2D eigenvalue weighted by atomic mass is 79.9. The second-order valence-electron chi connectivity index (χ2n) is 5.85. The number of H-pyrrole nitrogens is 1. The lowest BCUT2D eigenvalue weighted by Crippen LogP contribution is -2.08. The molecule has 0 amide bonds. The van der Waals surface area contributed by atoms with E-state index >= 15 is 0 Å². The first-order valence-electron chi connectivity index (χ1n) is 8.31. The van der Waals surface area contributed by atoms with Gasteiger partial charge in [-0.15, -0.1) is 11.3 Å². The Balaban J connectivity index is 1.85. The number of benzene rings is 2. The zero-order chi connectivity index (χ0) is 19.0. The Morgan fingerprint density at radius 1 is 1.19 bits per heavy atom. The van der Waals surface area contributed by atoms with Crippen LogP contribution in [0.15, 0.2) is 57.8 Å². The summed E-state index contributed by atoms with van der Waals surface area (Å²) in [4.78, 5) is 21.7. The van der Waals surface area contributed by atoms with Crippen LogP contribution in [0.3, 0.4) is 0 Å². The number of halogens is 1. The van der Waals surface area contributed by atoms with Crippen molar-refractivity contribution in [2.45, 2.75) is 6.92 Å². The molecule has 0 aliphatic heterocycles. The van der Waals surface area contributed by atoms with Crippen LogP contribution in [-0.4, -0.2) is 21.7 Å². The molecule has 0 aliphatic rings. The summed E-state index contributed by atoms with van der Waals surface area (Å²) in [7, 11) is 0. The van der Waals surface area contributed by atoms with Crippen molar-refractivity contribution < 1.29 is 9.84 Å². The minimum absolute atomic E-state index is 0.0199. The Hall–Kier alpha value is -2.64. The van der Waals surface area contributed by atoms with Gasteiger partial charge in [0.1, 0.15) is 10.7 Å². The van der Waals surface area contributed by atoms with Gasteiger partial charge in [-0.05, 0) is 46.6 Å². The molecule has 2 aromatic heterocycles. The van der Waals surface area contributed by atoms with E-state index in [-0.39, 0.29) is 11.3 Å². The highest BCUT2D eigenvalue weighted by molar-refractivity contribution is 9.10. The molecule has 0 atom stereocenters. The predicted octanol–water partition coefficient (Wildman–Crippen LogP) is 5.19. The number of nitrogens with zero attached hydrogens (tertiary/aromatic N) is 1. The van der Waals surface area contributed by atoms with Crippen LogP contribution in [0.2, 0.25) is 0 Å². The van der Waals surface area contributed by atoms with E-state index in [9.17, 15) is 9.90 Å². The predicted molar refractivity (Wildman–Crippen MR) is 112 cm³/mol. The van der Waals surface area contributed by atoms with Gasteiger partial charge in [0.05, 0.1) is 16.5 Å². The Morgan fingerprint density at radius 3 is 2.70 bits per heavy atom. The van der Waals surface area contributed by atoms with Crippen LogP contribution in [-0.2, 0) is 0 Å². The second-order valence-corrected chi connectivity index (χ2v) is 7.73. The van der Waals surface area contributed by atoms with E-state index in [1.165, 1.54) is 11.3 Å². The quantitative estimate of drug-likeness (QED) is 0.456. The van der Waals surface area contributed by atoms with Crippen LogP contribution >= 0.6 is 27.3 Å². The summed E-state index contributed by atoms with van der Waals surface area (Å²) in [6, 6.07) is 15.1.